The molecule has 0 spiro atoms. The number of nitrogens with two attached hydrogens (primary N) is 1. The Morgan fingerprint density at radius 3 is 2.57 bits per heavy atom. The minimum atomic E-state index is -0.571. The molecule has 2 N–H and O–H groups in total. The second kappa shape index (κ2) is 6.39. The van der Waals surface area contributed by atoms with Gasteiger partial charge in [0.15, 0.2) is 0 Å². The standard InChI is InChI=1S/C17H19BrClNO/c1-11-4-7-16(21-3)12(8-11)10-17(2,20)14-6-5-13(18)9-15(14)19/h4-9H,10,20H2,1-3H3. The second-order valence-corrected chi connectivity index (χ2v) is 6.86. The van der Waals surface area contributed by atoms with Gasteiger partial charge in [0.25, 0.3) is 0 Å². The fourth-order valence-corrected chi connectivity index (χ4v) is 3.38. The van der Waals surface area contributed by atoms with Crippen molar-refractivity contribution in [3.8, 4) is 5.75 Å². The van der Waals surface area contributed by atoms with Crippen molar-refractivity contribution in [2.45, 2.75) is 25.8 Å². The van der Waals surface area contributed by atoms with Crippen LogP contribution in [0.25, 0.3) is 0 Å². The molecule has 0 saturated heterocycles. The lowest BCUT2D eigenvalue weighted by molar-refractivity contribution is 0.399. The first-order valence-corrected chi connectivity index (χ1v) is 7.88. The highest BCUT2D eigenvalue weighted by Crippen LogP contribution is 2.33. The van der Waals surface area contributed by atoms with Gasteiger partial charge >= 0.3 is 0 Å². The first-order chi connectivity index (χ1) is 9.83. The SMILES string of the molecule is COc1ccc(C)cc1CC(C)(N)c1ccc(Br)cc1Cl. The molecule has 1 unspecified atom stereocenters. The zero-order valence-electron chi connectivity index (χ0n) is 12.4. The third-order valence-corrected chi connectivity index (χ3v) is 4.35. The Morgan fingerprint density at radius 1 is 1.24 bits per heavy atom. The van der Waals surface area contributed by atoms with Crippen molar-refractivity contribution in [3.63, 3.8) is 0 Å². The smallest absolute Gasteiger partial charge is 0.122 e. The van der Waals surface area contributed by atoms with Crippen LogP contribution in [-0.4, -0.2) is 7.11 Å². The minimum absolute atomic E-state index is 0.571. The van der Waals surface area contributed by atoms with Gasteiger partial charge < -0.3 is 10.5 Å². The Kier molecular flexibility index (Phi) is 4.97. The van der Waals surface area contributed by atoms with Crippen LogP contribution in [-0.2, 0) is 12.0 Å². The summed E-state index contributed by atoms with van der Waals surface area (Å²) >= 11 is 9.76. The molecule has 0 aliphatic carbocycles. The summed E-state index contributed by atoms with van der Waals surface area (Å²) in [5.41, 5.74) is 9.16. The number of hydrogen-bond acceptors (Lipinski definition) is 2. The van der Waals surface area contributed by atoms with Crippen LogP contribution in [0, 0.1) is 6.92 Å². The van der Waals surface area contributed by atoms with E-state index in [0.29, 0.717) is 11.4 Å². The maximum absolute atomic E-state index is 6.54. The molecule has 0 amide bonds. The van der Waals surface area contributed by atoms with Gasteiger partial charge in [-0.3, -0.25) is 0 Å². The topological polar surface area (TPSA) is 35.2 Å². The molecule has 0 heterocycles. The van der Waals surface area contributed by atoms with E-state index >= 15 is 0 Å². The summed E-state index contributed by atoms with van der Waals surface area (Å²) in [6.07, 6.45) is 0.652. The Hall–Kier alpha value is -1.03. The summed E-state index contributed by atoms with van der Waals surface area (Å²) in [5.74, 6) is 0.852. The van der Waals surface area contributed by atoms with Crippen LogP contribution in [0.1, 0.15) is 23.6 Å². The van der Waals surface area contributed by atoms with Gasteiger partial charge in [0, 0.05) is 15.0 Å². The van der Waals surface area contributed by atoms with Crippen LogP contribution in [0.3, 0.4) is 0 Å². The van der Waals surface area contributed by atoms with Crippen LogP contribution in [0.15, 0.2) is 40.9 Å². The Bertz CT molecular complexity index is 655. The molecule has 1 atom stereocenters. The monoisotopic (exact) mass is 367 g/mol. The molecule has 2 rings (SSSR count). The molecular formula is C17H19BrClNO. The quantitative estimate of drug-likeness (QED) is 0.838. The largest absolute Gasteiger partial charge is 0.496 e. The van der Waals surface area contributed by atoms with Gasteiger partial charge in [-0.05, 0) is 49.6 Å². The van der Waals surface area contributed by atoms with Gasteiger partial charge in [-0.15, -0.1) is 0 Å². The van der Waals surface area contributed by atoms with Crippen molar-refractivity contribution in [2.75, 3.05) is 7.11 Å². The lowest BCUT2D eigenvalue weighted by Gasteiger charge is -2.27. The molecule has 0 saturated carbocycles. The Labute approximate surface area is 139 Å². The van der Waals surface area contributed by atoms with Crippen molar-refractivity contribution >= 4 is 27.5 Å². The average Bonchev–Trinajstić information content (AvgIpc) is 2.37. The number of aryl methyl sites for hydroxylation is 1. The van der Waals surface area contributed by atoms with E-state index < -0.39 is 5.54 Å². The molecule has 0 aliphatic heterocycles. The summed E-state index contributed by atoms with van der Waals surface area (Å²) in [4.78, 5) is 0. The van der Waals surface area contributed by atoms with E-state index in [1.54, 1.807) is 7.11 Å². The highest BCUT2D eigenvalue weighted by molar-refractivity contribution is 9.10. The normalized spacial score (nSPS) is 13.8. The lowest BCUT2D eigenvalue weighted by Crippen LogP contribution is -2.36. The second-order valence-electron chi connectivity index (χ2n) is 5.53. The number of rotatable bonds is 4. The van der Waals surface area contributed by atoms with Crippen molar-refractivity contribution < 1.29 is 4.74 Å². The first kappa shape index (κ1) is 16.3. The van der Waals surface area contributed by atoms with Crippen LogP contribution >= 0.6 is 27.5 Å². The van der Waals surface area contributed by atoms with Crippen molar-refractivity contribution in [3.05, 3.63) is 62.6 Å². The minimum Gasteiger partial charge on any atom is -0.496 e. The number of halogens is 2. The van der Waals surface area contributed by atoms with Gasteiger partial charge in [0.1, 0.15) is 5.75 Å². The molecule has 0 aliphatic rings. The van der Waals surface area contributed by atoms with Gasteiger partial charge in [-0.1, -0.05) is 51.3 Å². The zero-order valence-corrected chi connectivity index (χ0v) is 14.8. The van der Waals surface area contributed by atoms with E-state index in [9.17, 15) is 0 Å². The Balaban J connectivity index is 2.39. The number of benzene rings is 2. The van der Waals surface area contributed by atoms with Crippen molar-refractivity contribution in [1.29, 1.82) is 0 Å². The maximum atomic E-state index is 6.54. The number of methoxy groups -OCH3 is 1. The van der Waals surface area contributed by atoms with E-state index in [1.807, 2.05) is 37.3 Å². The lowest BCUT2D eigenvalue weighted by atomic mass is 9.86. The van der Waals surface area contributed by atoms with Gasteiger partial charge in [-0.25, -0.2) is 0 Å². The molecule has 0 aromatic heterocycles. The molecule has 0 radical (unpaired) electrons. The van der Waals surface area contributed by atoms with E-state index in [2.05, 4.69) is 28.9 Å². The van der Waals surface area contributed by atoms with Crippen LogP contribution in [0.2, 0.25) is 5.02 Å². The molecule has 112 valence electrons. The summed E-state index contributed by atoms with van der Waals surface area (Å²) < 4.78 is 6.38. The maximum Gasteiger partial charge on any atom is 0.122 e. The van der Waals surface area contributed by atoms with Gasteiger partial charge in [-0.2, -0.15) is 0 Å². The summed E-state index contributed by atoms with van der Waals surface area (Å²) in [6.45, 7) is 4.05. The van der Waals surface area contributed by atoms with Gasteiger partial charge in [0.05, 0.1) is 7.11 Å². The predicted octanol–water partition coefficient (Wildman–Crippen LogP) is 4.84. The first-order valence-electron chi connectivity index (χ1n) is 6.71. The van der Waals surface area contributed by atoms with E-state index in [-0.39, 0.29) is 0 Å². The molecular weight excluding hydrogens is 350 g/mol. The summed E-state index contributed by atoms with van der Waals surface area (Å²) in [7, 11) is 1.68. The fourth-order valence-electron chi connectivity index (χ4n) is 2.49. The third-order valence-electron chi connectivity index (χ3n) is 3.54. The Morgan fingerprint density at radius 2 is 1.95 bits per heavy atom. The molecule has 2 nitrogen and oxygen atoms in total. The zero-order chi connectivity index (χ0) is 15.6. The van der Waals surface area contributed by atoms with Crippen LogP contribution in [0.4, 0.5) is 0 Å². The van der Waals surface area contributed by atoms with E-state index in [0.717, 1.165) is 21.3 Å². The van der Waals surface area contributed by atoms with Crippen LogP contribution in [0.5, 0.6) is 5.75 Å². The highest BCUT2D eigenvalue weighted by atomic mass is 79.9. The van der Waals surface area contributed by atoms with Crippen LogP contribution < -0.4 is 10.5 Å². The summed E-state index contributed by atoms with van der Waals surface area (Å²) in [6, 6.07) is 11.9. The van der Waals surface area contributed by atoms with Crippen molar-refractivity contribution in [2.24, 2.45) is 5.73 Å². The molecule has 4 heteroatoms. The van der Waals surface area contributed by atoms with Gasteiger partial charge in [0.2, 0.25) is 0 Å². The van der Waals surface area contributed by atoms with E-state index in [4.69, 9.17) is 22.1 Å². The third kappa shape index (κ3) is 3.79. The van der Waals surface area contributed by atoms with Crippen molar-refractivity contribution in [1.82, 2.24) is 0 Å². The molecule has 0 bridgehead atoms. The molecule has 2 aromatic rings. The fraction of sp³-hybridized carbons (Fsp3) is 0.294. The van der Waals surface area contributed by atoms with E-state index in [1.165, 1.54) is 5.56 Å². The highest BCUT2D eigenvalue weighted by Gasteiger charge is 2.26. The number of hydrogen-bond donors (Lipinski definition) is 1. The summed E-state index contributed by atoms with van der Waals surface area (Å²) in [5, 5.41) is 0.668. The molecule has 0 fully saturated rings. The molecule has 21 heavy (non-hydrogen) atoms. The predicted molar refractivity (Wildman–Crippen MR) is 92.1 cm³/mol. The molecule has 2 aromatic carbocycles. The number of ether oxygens (including phenoxy) is 1. The average molecular weight is 369 g/mol.